The van der Waals surface area contributed by atoms with E-state index in [4.69, 9.17) is 4.74 Å². The van der Waals surface area contributed by atoms with Crippen molar-refractivity contribution in [2.24, 2.45) is 0 Å². The predicted molar refractivity (Wildman–Crippen MR) is 118 cm³/mol. The topological polar surface area (TPSA) is 64.1 Å². The van der Waals surface area contributed by atoms with E-state index in [0.29, 0.717) is 16.8 Å². The Morgan fingerprint density at radius 2 is 2.00 bits per heavy atom. The molecule has 0 radical (unpaired) electrons. The summed E-state index contributed by atoms with van der Waals surface area (Å²) < 4.78 is 7.26. The fourth-order valence-corrected chi connectivity index (χ4v) is 4.56. The first kappa shape index (κ1) is 20.8. The van der Waals surface area contributed by atoms with Crippen LogP contribution in [0.3, 0.4) is 0 Å². The summed E-state index contributed by atoms with van der Waals surface area (Å²) in [5, 5.41) is 11.3. The molecule has 0 fully saturated rings. The van der Waals surface area contributed by atoms with E-state index in [2.05, 4.69) is 57.4 Å². The first-order chi connectivity index (χ1) is 13.5. The van der Waals surface area contributed by atoms with Crippen molar-refractivity contribution >= 4 is 50.1 Å². The van der Waals surface area contributed by atoms with Crippen LogP contribution in [0, 0.1) is 0 Å². The number of nitrogens with zero attached hydrogens (tertiary/aromatic N) is 2. The van der Waals surface area contributed by atoms with Gasteiger partial charge in [-0.3, -0.25) is 10.1 Å². The van der Waals surface area contributed by atoms with Gasteiger partial charge in [-0.25, -0.2) is 0 Å². The van der Waals surface area contributed by atoms with E-state index in [-0.39, 0.29) is 12.5 Å². The highest BCUT2D eigenvalue weighted by molar-refractivity contribution is 9.10. The molecule has 0 aliphatic rings. The first-order valence-corrected chi connectivity index (χ1v) is 11.3. The maximum atomic E-state index is 12.1. The Morgan fingerprint density at radius 1 is 1.21 bits per heavy atom. The van der Waals surface area contributed by atoms with E-state index in [1.54, 1.807) is 11.8 Å². The van der Waals surface area contributed by atoms with Crippen LogP contribution in [-0.2, 0) is 10.5 Å². The number of anilines is 1. The van der Waals surface area contributed by atoms with Crippen molar-refractivity contribution in [1.82, 2.24) is 10.2 Å². The van der Waals surface area contributed by atoms with Gasteiger partial charge in [0, 0.05) is 5.75 Å². The fourth-order valence-electron chi connectivity index (χ4n) is 2.33. The molecule has 28 heavy (non-hydrogen) atoms. The standard InChI is InChI=1S/C20H20BrN3O2S2/c1-13(2)15-8-9-17(16(21)10-15)26-11-18(25)22-19-23-24-20(28-19)27-12-14-6-4-3-5-7-14/h3-10,13H,11-12H2,1-2H3,(H,22,23,25). The number of carbonyl (C=O) groups excluding carboxylic acids is 1. The number of carbonyl (C=O) groups is 1. The van der Waals surface area contributed by atoms with Crippen LogP contribution < -0.4 is 10.1 Å². The van der Waals surface area contributed by atoms with Crippen LogP contribution in [-0.4, -0.2) is 22.7 Å². The molecule has 8 heteroatoms. The zero-order valence-corrected chi connectivity index (χ0v) is 18.7. The van der Waals surface area contributed by atoms with Crippen molar-refractivity contribution in [1.29, 1.82) is 0 Å². The van der Waals surface area contributed by atoms with Crippen molar-refractivity contribution in [2.75, 3.05) is 11.9 Å². The lowest BCUT2D eigenvalue weighted by Gasteiger charge is -2.11. The number of amides is 1. The van der Waals surface area contributed by atoms with Crippen LogP contribution in [0.4, 0.5) is 5.13 Å². The van der Waals surface area contributed by atoms with Gasteiger partial charge in [0.2, 0.25) is 5.13 Å². The summed E-state index contributed by atoms with van der Waals surface area (Å²) in [5.74, 6) is 1.61. The van der Waals surface area contributed by atoms with E-state index < -0.39 is 0 Å². The Morgan fingerprint density at radius 3 is 2.71 bits per heavy atom. The second kappa shape index (κ2) is 10.0. The molecule has 1 N–H and O–H groups in total. The lowest BCUT2D eigenvalue weighted by atomic mass is 10.0. The van der Waals surface area contributed by atoms with Crippen LogP contribution >= 0.6 is 39.0 Å². The molecule has 0 saturated heterocycles. The molecule has 0 unspecified atom stereocenters. The van der Waals surface area contributed by atoms with Crippen molar-refractivity contribution in [3.8, 4) is 5.75 Å². The van der Waals surface area contributed by atoms with E-state index in [1.165, 1.54) is 22.5 Å². The summed E-state index contributed by atoms with van der Waals surface area (Å²) in [5.41, 5.74) is 2.42. The van der Waals surface area contributed by atoms with Crippen LogP contribution in [0.1, 0.15) is 30.9 Å². The molecular formula is C20H20BrN3O2S2. The average Bonchev–Trinajstić information content (AvgIpc) is 3.13. The molecule has 3 rings (SSSR count). The number of hydrogen-bond donors (Lipinski definition) is 1. The highest BCUT2D eigenvalue weighted by atomic mass is 79.9. The highest BCUT2D eigenvalue weighted by Gasteiger charge is 2.11. The molecular weight excluding hydrogens is 458 g/mol. The number of benzene rings is 2. The molecule has 0 saturated carbocycles. The minimum atomic E-state index is -0.268. The average molecular weight is 478 g/mol. The summed E-state index contributed by atoms with van der Waals surface area (Å²) in [7, 11) is 0. The molecule has 1 heterocycles. The van der Waals surface area contributed by atoms with Gasteiger partial charge in [0.25, 0.3) is 5.91 Å². The Balaban J connectivity index is 1.48. The number of thioether (sulfide) groups is 1. The second-order valence-electron chi connectivity index (χ2n) is 6.33. The van der Waals surface area contributed by atoms with Gasteiger partial charge in [0.1, 0.15) is 5.75 Å². The molecule has 0 atom stereocenters. The Bertz CT molecular complexity index is 932. The third-order valence-corrected chi connectivity index (χ3v) is 6.50. The van der Waals surface area contributed by atoms with Gasteiger partial charge < -0.3 is 4.74 Å². The van der Waals surface area contributed by atoms with Gasteiger partial charge in [-0.1, -0.05) is 73.3 Å². The maximum Gasteiger partial charge on any atom is 0.264 e. The van der Waals surface area contributed by atoms with Crippen molar-refractivity contribution in [3.05, 3.63) is 64.1 Å². The van der Waals surface area contributed by atoms with Crippen LogP contribution in [0.15, 0.2) is 57.3 Å². The fraction of sp³-hybridized carbons (Fsp3) is 0.250. The van der Waals surface area contributed by atoms with E-state index in [9.17, 15) is 4.79 Å². The van der Waals surface area contributed by atoms with Crippen molar-refractivity contribution < 1.29 is 9.53 Å². The molecule has 2 aromatic carbocycles. The zero-order chi connectivity index (χ0) is 19.9. The quantitative estimate of drug-likeness (QED) is 0.331. The second-order valence-corrected chi connectivity index (χ2v) is 9.38. The van der Waals surface area contributed by atoms with Gasteiger partial charge in [0.05, 0.1) is 4.47 Å². The van der Waals surface area contributed by atoms with Crippen molar-refractivity contribution in [3.63, 3.8) is 0 Å². The molecule has 5 nitrogen and oxygen atoms in total. The smallest absolute Gasteiger partial charge is 0.264 e. The lowest BCUT2D eigenvalue weighted by Crippen LogP contribution is -2.20. The minimum Gasteiger partial charge on any atom is -0.483 e. The van der Waals surface area contributed by atoms with Crippen LogP contribution in [0.5, 0.6) is 5.75 Å². The third-order valence-electron chi connectivity index (χ3n) is 3.84. The Kier molecular flexibility index (Phi) is 7.47. The first-order valence-electron chi connectivity index (χ1n) is 8.73. The summed E-state index contributed by atoms with van der Waals surface area (Å²) in [6.07, 6.45) is 0. The Labute approximate surface area is 181 Å². The minimum absolute atomic E-state index is 0.0916. The van der Waals surface area contributed by atoms with Crippen LogP contribution in [0.2, 0.25) is 0 Å². The largest absolute Gasteiger partial charge is 0.483 e. The molecule has 1 aromatic heterocycles. The lowest BCUT2D eigenvalue weighted by molar-refractivity contribution is -0.118. The van der Waals surface area contributed by atoms with Gasteiger partial charge in [-0.05, 0) is 45.1 Å². The number of aromatic nitrogens is 2. The Hall–Kier alpha value is -1.90. The number of ether oxygens (including phenoxy) is 1. The summed E-state index contributed by atoms with van der Waals surface area (Å²) >= 11 is 6.44. The number of hydrogen-bond acceptors (Lipinski definition) is 6. The van der Waals surface area contributed by atoms with E-state index in [1.807, 2.05) is 36.4 Å². The summed E-state index contributed by atoms with van der Waals surface area (Å²) in [4.78, 5) is 12.1. The maximum absolute atomic E-state index is 12.1. The van der Waals surface area contributed by atoms with Crippen LogP contribution in [0.25, 0.3) is 0 Å². The number of rotatable bonds is 8. The summed E-state index contributed by atoms with van der Waals surface area (Å²) in [6.45, 7) is 4.17. The molecule has 146 valence electrons. The SMILES string of the molecule is CC(C)c1ccc(OCC(=O)Nc2nnc(SCc3ccccc3)s2)c(Br)c1. The van der Waals surface area contributed by atoms with Gasteiger partial charge in [-0.2, -0.15) is 0 Å². The molecule has 0 aliphatic carbocycles. The normalized spacial score (nSPS) is 10.9. The van der Waals surface area contributed by atoms with Gasteiger partial charge >= 0.3 is 0 Å². The molecule has 1 amide bonds. The van der Waals surface area contributed by atoms with Gasteiger partial charge in [-0.15, -0.1) is 10.2 Å². The molecule has 3 aromatic rings. The van der Waals surface area contributed by atoms with Gasteiger partial charge in [0.15, 0.2) is 10.9 Å². The highest BCUT2D eigenvalue weighted by Crippen LogP contribution is 2.30. The van der Waals surface area contributed by atoms with E-state index >= 15 is 0 Å². The molecule has 0 spiro atoms. The van der Waals surface area contributed by atoms with Crippen molar-refractivity contribution in [2.45, 2.75) is 29.9 Å². The number of halogens is 1. The monoisotopic (exact) mass is 477 g/mol. The predicted octanol–water partition coefficient (Wildman–Crippen LogP) is 5.73. The third kappa shape index (κ3) is 6.05. The summed E-state index contributed by atoms with van der Waals surface area (Å²) in [6, 6.07) is 16.0. The number of nitrogens with one attached hydrogen (secondary N) is 1. The van der Waals surface area contributed by atoms with E-state index in [0.717, 1.165) is 14.6 Å². The molecule has 0 bridgehead atoms. The molecule has 0 aliphatic heterocycles. The zero-order valence-electron chi connectivity index (χ0n) is 15.5.